The van der Waals surface area contributed by atoms with Crippen LogP contribution < -0.4 is 0 Å². The van der Waals surface area contributed by atoms with Crippen LogP contribution in [0.25, 0.3) is 0 Å². The van der Waals surface area contributed by atoms with Crippen molar-refractivity contribution < 1.29 is 66.7 Å². The molecular formula is H7FeMgO10P3. The van der Waals surface area contributed by atoms with Gasteiger partial charge in [-0.15, -0.1) is 0 Å². The predicted molar refractivity (Wildman–Crippen MR) is 44.1 cm³/mol. The van der Waals surface area contributed by atoms with Gasteiger partial charge in [-0.05, 0) is 0 Å². The molecule has 0 atom stereocenters. The molecule has 0 bridgehead atoms. The fourth-order valence-electron chi connectivity index (χ4n) is 0.284. The van der Waals surface area contributed by atoms with Gasteiger partial charge >= 0.3 is 46.5 Å². The second-order valence-corrected chi connectivity index (χ2v) is 5.82. The Morgan fingerprint density at radius 3 is 1.13 bits per heavy atom. The summed E-state index contributed by atoms with van der Waals surface area (Å²) in [5, 5.41) is 0. The van der Waals surface area contributed by atoms with Crippen molar-refractivity contribution in [2.24, 2.45) is 0 Å². The summed E-state index contributed by atoms with van der Waals surface area (Å²) >= 11 is 0. The van der Waals surface area contributed by atoms with Crippen LogP contribution in [0.4, 0.5) is 0 Å². The van der Waals surface area contributed by atoms with Gasteiger partial charge in [0.05, 0.1) is 0 Å². The SMILES string of the molecule is O=P(O)(O)OP(=O)(O)OP(=O)(O)O.[Fe].[H-].[H-].[Mg+2]. The summed E-state index contributed by atoms with van der Waals surface area (Å²) in [5.74, 6) is 0. The topological polar surface area (TPSA) is 171 Å². The number of hydrogen-bond acceptors (Lipinski definition) is 5. The third kappa shape index (κ3) is 15.7. The molecule has 0 aliphatic carbocycles. The molecule has 15 heteroatoms. The van der Waals surface area contributed by atoms with Crippen LogP contribution >= 0.6 is 23.5 Å². The van der Waals surface area contributed by atoms with Crippen molar-refractivity contribution in [2.45, 2.75) is 0 Å². The first kappa shape index (κ1) is 21.9. The maximum Gasteiger partial charge on any atom is 2.00 e. The normalized spacial score (nSPS) is 12.6. The zero-order chi connectivity index (χ0) is 10.9. The summed E-state index contributed by atoms with van der Waals surface area (Å²) < 4.78 is 36.4. The van der Waals surface area contributed by atoms with Gasteiger partial charge in [0, 0.05) is 17.1 Å². The van der Waals surface area contributed by atoms with Crippen LogP contribution in [0, 0.1) is 0 Å². The summed E-state index contributed by atoms with van der Waals surface area (Å²) in [5.41, 5.74) is 0. The summed E-state index contributed by atoms with van der Waals surface area (Å²) in [4.78, 5) is 40.2. The average molecular weight is 340 g/mol. The fraction of sp³-hybridized carbons (Fsp3) is 0. The van der Waals surface area contributed by atoms with Crippen molar-refractivity contribution in [3.05, 3.63) is 0 Å². The molecule has 0 aromatic carbocycles. The quantitative estimate of drug-likeness (QED) is 0.320. The summed E-state index contributed by atoms with van der Waals surface area (Å²) in [6.45, 7) is 0. The van der Waals surface area contributed by atoms with Gasteiger partial charge in [-0.3, -0.25) is 0 Å². The molecule has 10 nitrogen and oxygen atoms in total. The fourth-order valence-corrected chi connectivity index (χ4v) is 2.82. The van der Waals surface area contributed by atoms with Crippen LogP contribution in [0.15, 0.2) is 0 Å². The molecule has 0 aromatic heterocycles. The molecule has 0 saturated carbocycles. The Morgan fingerprint density at radius 2 is 1.00 bits per heavy atom. The Morgan fingerprint density at radius 1 is 0.800 bits per heavy atom. The van der Waals surface area contributed by atoms with E-state index in [0.29, 0.717) is 0 Å². The van der Waals surface area contributed by atoms with E-state index in [9.17, 15) is 13.7 Å². The average Bonchev–Trinajstić information content (AvgIpc) is 1.43. The van der Waals surface area contributed by atoms with E-state index < -0.39 is 23.5 Å². The Kier molecular flexibility index (Phi) is 10.5. The monoisotopic (exact) mass is 340 g/mol. The first-order chi connectivity index (χ1) is 5.41. The molecule has 0 saturated heterocycles. The summed E-state index contributed by atoms with van der Waals surface area (Å²) in [6, 6.07) is 0. The van der Waals surface area contributed by atoms with E-state index in [-0.39, 0.29) is 43.0 Å². The third-order valence-electron chi connectivity index (χ3n) is 0.419. The van der Waals surface area contributed by atoms with Crippen molar-refractivity contribution >= 4 is 46.5 Å². The van der Waals surface area contributed by atoms with Crippen molar-refractivity contribution in [1.29, 1.82) is 0 Å². The van der Waals surface area contributed by atoms with E-state index in [0.717, 1.165) is 0 Å². The minimum absolute atomic E-state index is 0. The second kappa shape index (κ2) is 7.20. The van der Waals surface area contributed by atoms with Crippen molar-refractivity contribution in [3.8, 4) is 0 Å². The van der Waals surface area contributed by atoms with Gasteiger partial charge in [-0.2, -0.15) is 8.62 Å². The molecule has 0 unspecified atom stereocenters. The van der Waals surface area contributed by atoms with Crippen LogP contribution in [0.3, 0.4) is 0 Å². The minimum atomic E-state index is -5.46. The maximum atomic E-state index is 10.4. The zero-order valence-electron chi connectivity index (χ0n) is 8.68. The molecule has 0 heterocycles. The summed E-state index contributed by atoms with van der Waals surface area (Å²) in [7, 11) is -16.2. The Bertz CT molecular complexity index is 292. The molecule has 0 rings (SSSR count). The van der Waals surface area contributed by atoms with E-state index in [4.69, 9.17) is 24.5 Å². The Labute approximate surface area is 113 Å². The Balaban J connectivity index is -0.000000120. The molecular weight excluding hydrogens is 333 g/mol. The van der Waals surface area contributed by atoms with Crippen LogP contribution in [-0.2, 0) is 39.4 Å². The molecule has 5 N–H and O–H groups in total. The molecule has 15 heavy (non-hydrogen) atoms. The summed E-state index contributed by atoms with van der Waals surface area (Å²) in [6.07, 6.45) is 0. The molecule has 0 radical (unpaired) electrons. The first-order valence-electron chi connectivity index (χ1n) is 2.28. The van der Waals surface area contributed by atoms with Crippen molar-refractivity contribution in [1.82, 2.24) is 0 Å². The van der Waals surface area contributed by atoms with E-state index in [2.05, 4.69) is 8.62 Å². The second-order valence-electron chi connectivity index (χ2n) is 1.61. The van der Waals surface area contributed by atoms with Gasteiger partial charge in [0.25, 0.3) is 0 Å². The number of phosphoric acid groups is 3. The largest absolute Gasteiger partial charge is 2.00 e. The number of rotatable bonds is 4. The molecule has 0 spiro atoms. The zero-order valence-corrected chi connectivity index (χ0v) is 11.9. The van der Waals surface area contributed by atoms with E-state index in [1.807, 2.05) is 0 Å². The standard InChI is InChI=1S/Fe.Mg.H5O10P3.2H/c;;1-11(2,3)9-13(7,8)10-12(4,5)6;;/h;;(H,7,8)(H2,1,2,3)(H2,4,5,6);;/q;+2;;2*-1. The van der Waals surface area contributed by atoms with E-state index in [1.54, 1.807) is 0 Å². The van der Waals surface area contributed by atoms with Crippen molar-refractivity contribution in [2.75, 3.05) is 0 Å². The van der Waals surface area contributed by atoms with Gasteiger partial charge < -0.3 is 27.3 Å². The van der Waals surface area contributed by atoms with Gasteiger partial charge in [-0.25, -0.2) is 13.7 Å². The molecule has 0 aliphatic heterocycles. The third-order valence-corrected chi connectivity index (χ3v) is 3.77. The van der Waals surface area contributed by atoms with Gasteiger partial charge in [0.15, 0.2) is 0 Å². The van der Waals surface area contributed by atoms with Crippen LogP contribution in [0.5, 0.6) is 0 Å². The van der Waals surface area contributed by atoms with Crippen LogP contribution in [-0.4, -0.2) is 47.5 Å². The Hall–Kier alpha value is 1.70. The van der Waals surface area contributed by atoms with Crippen molar-refractivity contribution in [3.63, 3.8) is 0 Å². The van der Waals surface area contributed by atoms with E-state index in [1.165, 1.54) is 0 Å². The first-order valence-corrected chi connectivity index (χ1v) is 6.83. The van der Waals surface area contributed by atoms with Gasteiger partial charge in [0.1, 0.15) is 0 Å². The molecule has 0 fully saturated rings. The maximum absolute atomic E-state index is 10.4. The van der Waals surface area contributed by atoms with Crippen LogP contribution in [0.2, 0.25) is 0 Å². The van der Waals surface area contributed by atoms with Crippen LogP contribution in [0.1, 0.15) is 2.85 Å². The molecule has 0 amide bonds. The molecule has 0 aromatic rings. The van der Waals surface area contributed by atoms with Gasteiger partial charge in [0.2, 0.25) is 0 Å². The smallest absolute Gasteiger partial charge is 1.00 e. The molecule has 0 aliphatic rings. The van der Waals surface area contributed by atoms with E-state index >= 15 is 0 Å². The van der Waals surface area contributed by atoms with Gasteiger partial charge in [-0.1, -0.05) is 0 Å². The molecule has 92 valence electrons. The number of hydrogen-bond donors (Lipinski definition) is 5. The predicted octanol–water partition coefficient (Wildman–Crippen LogP) is -0.853. The minimum Gasteiger partial charge on any atom is -1.00 e.